The fourth-order valence-electron chi connectivity index (χ4n) is 2.86. The van der Waals surface area contributed by atoms with Gasteiger partial charge in [0.05, 0.1) is 0 Å². The summed E-state index contributed by atoms with van der Waals surface area (Å²) in [7, 11) is 0. The Bertz CT molecular complexity index is 499. The topological polar surface area (TPSA) is 51.0 Å². The summed E-state index contributed by atoms with van der Waals surface area (Å²) in [5, 5.41) is 11.2. The number of hydrogen-bond acceptors (Lipinski definition) is 4. The van der Waals surface area contributed by atoms with Crippen molar-refractivity contribution in [3.63, 3.8) is 0 Å². The molecule has 1 aromatic heterocycles. The molecule has 20 heavy (non-hydrogen) atoms. The first-order valence-electron chi connectivity index (χ1n) is 7.52. The largest absolute Gasteiger partial charge is 0.423 e. The van der Waals surface area contributed by atoms with Gasteiger partial charge in [-0.15, -0.1) is 10.2 Å². The normalized spacial score (nSPS) is 16.8. The summed E-state index contributed by atoms with van der Waals surface area (Å²) in [6.45, 7) is 1.08. The van der Waals surface area contributed by atoms with Crippen LogP contribution in [0.1, 0.15) is 38.5 Å². The van der Waals surface area contributed by atoms with Crippen LogP contribution in [0.15, 0.2) is 35.1 Å². The van der Waals surface area contributed by atoms with Gasteiger partial charge in [0.25, 0.3) is 0 Å². The zero-order chi connectivity index (χ0) is 13.6. The summed E-state index contributed by atoms with van der Waals surface area (Å²) in [6, 6.07) is 8.19. The van der Waals surface area contributed by atoms with Crippen molar-refractivity contribution >= 4 is 5.69 Å². The molecule has 0 aliphatic heterocycles. The lowest BCUT2D eigenvalue weighted by molar-refractivity contribution is 0.483. The van der Waals surface area contributed by atoms with Crippen molar-refractivity contribution < 1.29 is 4.42 Å². The highest BCUT2D eigenvalue weighted by molar-refractivity contribution is 5.58. The molecule has 4 nitrogen and oxygen atoms in total. The SMILES string of the molecule is c1nnc(-c2ccc(NCC3CCCCCC3)cc2)o1. The maximum absolute atomic E-state index is 5.19. The van der Waals surface area contributed by atoms with Crippen molar-refractivity contribution in [3.8, 4) is 11.5 Å². The van der Waals surface area contributed by atoms with E-state index >= 15 is 0 Å². The number of nitrogens with zero attached hydrogens (tertiary/aromatic N) is 2. The lowest BCUT2D eigenvalue weighted by atomic mass is 10.0. The molecule has 0 unspecified atom stereocenters. The van der Waals surface area contributed by atoms with Gasteiger partial charge in [0.15, 0.2) is 0 Å². The van der Waals surface area contributed by atoms with Crippen molar-refractivity contribution in [2.75, 3.05) is 11.9 Å². The summed E-state index contributed by atoms with van der Waals surface area (Å²) < 4.78 is 5.19. The van der Waals surface area contributed by atoms with E-state index in [1.807, 2.05) is 12.1 Å². The molecular weight excluding hydrogens is 250 g/mol. The number of nitrogens with one attached hydrogen (secondary N) is 1. The van der Waals surface area contributed by atoms with Crippen molar-refractivity contribution in [2.45, 2.75) is 38.5 Å². The first-order valence-corrected chi connectivity index (χ1v) is 7.52. The number of hydrogen-bond donors (Lipinski definition) is 1. The van der Waals surface area contributed by atoms with Crippen LogP contribution < -0.4 is 5.32 Å². The molecule has 1 aliphatic rings. The molecule has 106 valence electrons. The number of aromatic nitrogens is 2. The van der Waals surface area contributed by atoms with Gasteiger partial charge in [-0.3, -0.25) is 0 Å². The summed E-state index contributed by atoms with van der Waals surface area (Å²) in [6.07, 6.45) is 9.70. The maximum Gasteiger partial charge on any atom is 0.247 e. The van der Waals surface area contributed by atoms with Gasteiger partial charge in [0.1, 0.15) is 0 Å². The molecule has 1 saturated carbocycles. The fourth-order valence-corrected chi connectivity index (χ4v) is 2.86. The summed E-state index contributed by atoms with van der Waals surface area (Å²) >= 11 is 0. The van der Waals surface area contributed by atoms with E-state index in [-0.39, 0.29) is 0 Å². The third-order valence-electron chi connectivity index (χ3n) is 4.06. The Balaban J connectivity index is 1.55. The highest BCUT2D eigenvalue weighted by Gasteiger charge is 2.11. The summed E-state index contributed by atoms with van der Waals surface area (Å²) in [5.41, 5.74) is 2.13. The van der Waals surface area contributed by atoms with E-state index in [1.165, 1.54) is 44.9 Å². The van der Waals surface area contributed by atoms with E-state index < -0.39 is 0 Å². The van der Waals surface area contributed by atoms with E-state index in [9.17, 15) is 0 Å². The average molecular weight is 271 g/mol. The quantitative estimate of drug-likeness (QED) is 0.850. The average Bonchev–Trinajstić information content (AvgIpc) is 2.90. The zero-order valence-electron chi connectivity index (χ0n) is 11.7. The Labute approximate surface area is 119 Å². The first kappa shape index (κ1) is 13.2. The Morgan fingerprint density at radius 3 is 2.45 bits per heavy atom. The van der Waals surface area contributed by atoms with Gasteiger partial charge in [-0.1, -0.05) is 25.7 Å². The lowest BCUT2D eigenvalue weighted by Crippen LogP contribution is -2.13. The van der Waals surface area contributed by atoms with Crippen LogP contribution in [-0.2, 0) is 0 Å². The standard InChI is InChI=1S/C16H21N3O/c1-2-4-6-13(5-3-1)11-17-15-9-7-14(8-10-15)16-19-18-12-20-16/h7-10,12-13,17H,1-6,11H2. The minimum atomic E-state index is 0.570. The van der Waals surface area contributed by atoms with Crippen molar-refractivity contribution in [2.24, 2.45) is 5.92 Å². The molecule has 1 N–H and O–H groups in total. The van der Waals surface area contributed by atoms with Crippen LogP contribution in [0.2, 0.25) is 0 Å². The predicted molar refractivity (Wildman–Crippen MR) is 79.4 cm³/mol. The van der Waals surface area contributed by atoms with Gasteiger partial charge in [-0.05, 0) is 43.0 Å². The van der Waals surface area contributed by atoms with E-state index in [2.05, 4.69) is 27.6 Å². The number of rotatable bonds is 4. The third kappa shape index (κ3) is 3.38. The highest BCUT2D eigenvalue weighted by Crippen LogP contribution is 2.24. The van der Waals surface area contributed by atoms with Crippen LogP contribution in [0, 0.1) is 5.92 Å². The van der Waals surface area contributed by atoms with E-state index in [0.717, 1.165) is 23.7 Å². The summed E-state index contributed by atoms with van der Waals surface area (Å²) in [4.78, 5) is 0. The second kappa shape index (κ2) is 6.55. The first-order chi connectivity index (χ1) is 9.92. The highest BCUT2D eigenvalue weighted by atomic mass is 16.4. The van der Waals surface area contributed by atoms with Gasteiger partial charge >= 0.3 is 0 Å². The van der Waals surface area contributed by atoms with Gasteiger partial charge in [0, 0.05) is 17.8 Å². The zero-order valence-corrected chi connectivity index (χ0v) is 11.7. The second-order valence-corrected chi connectivity index (χ2v) is 5.56. The lowest BCUT2D eigenvalue weighted by Gasteiger charge is -2.15. The maximum atomic E-state index is 5.19. The van der Waals surface area contributed by atoms with Crippen molar-refractivity contribution in [1.82, 2.24) is 10.2 Å². The molecule has 1 aliphatic carbocycles. The van der Waals surface area contributed by atoms with Gasteiger partial charge in [-0.25, -0.2) is 0 Å². The second-order valence-electron chi connectivity index (χ2n) is 5.56. The van der Waals surface area contributed by atoms with Crippen LogP contribution in [0.5, 0.6) is 0 Å². The third-order valence-corrected chi connectivity index (χ3v) is 4.06. The van der Waals surface area contributed by atoms with E-state index in [1.54, 1.807) is 0 Å². The molecule has 0 saturated heterocycles. The molecule has 1 heterocycles. The molecule has 1 fully saturated rings. The predicted octanol–water partition coefficient (Wildman–Crippen LogP) is 4.12. The molecule has 0 atom stereocenters. The van der Waals surface area contributed by atoms with E-state index in [0.29, 0.717) is 5.89 Å². The Hall–Kier alpha value is -1.84. The van der Waals surface area contributed by atoms with E-state index in [4.69, 9.17) is 4.42 Å². The monoisotopic (exact) mass is 271 g/mol. The molecule has 0 radical (unpaired) electrons. The number of benzene rings is 1. The Morgan fingerprint density at radius 1 is 1.05 bits per heavy atom. The molecule has 2 aromatic rings. The van der Waals surface area contributed by atoms with Gasteiger partial charge in [0.2, 0.25) is 12.3 Å². The number of anilines is 1. The molecule has 4 heteroatoms. The Morgan fingerprint density at radius 2 is 1.80 bits per heavy atom. The molecule has 3 rings (SSSR count). The van der Waals surface area contributed by atoms with Gasteiger partial charge in [-0.2, -0.15) is 0 Å². The van der Waals surface area contributed by atoms with Gasteiger partial charge < -0.3 is 9.73 Å². The minimum Gasteiger partial charge on any atom is -0.423 e. The minimum absolute atomic E-state index is 0.570. The van der Waals surface area contributed by atoms with Crippen LogP contribution in [0.25, 0.3) is 11.5 Å². The van der Waals surface area contributed by atoms with Crippen LogP contribution >= 0.6 is 0 Å². The molecule has 0 bridgehead atoms. The van der Waals surface area contributed by atoms with Crippen molar-refractivity contribution in [1.29, 1.82) is 0 Å². The molecule has 0 spiro atoms. The van der Waals surface area contributed by atoms with Crippen LogP contribution in [-0.4, -0.2) is 16.7 Å². The smallest absolute Gasteiger partial charge is 0.247 e. The summed E-state index contributed by atoms with van der Waals surface area (Å²) in [5.74, 6) is 1.40. The Kier molecular flexibility index (Phi) is 4.31. The van der Waals surface area contributed by atoms with Crippen LogP contribution in [0.3, 0.4) is 0 Å². The molecule has 1 aromatic carbocycles. The molecular formula is C16H21N3O. The fraction of sp³-hybridized carbons (Fsp3) is 0.500. The van der Waals surface area contributed by atoms with Crippen molar-refractivity contribution in [3.05, 3.63) is 30.7 Å². The van der Waals surface area contributed by atoms with Crippen LogP contribution in [0.4, 0.5) is 5.69 Å². The molecule has 0 amide bonds.